The smallest absolute Gasteiger partial charge is 0.182 e. The molecule has 0 N–H and O–H groups in total. The number of nitriles is 1. The lowest BCUT2D eigenvalue weighted by Crippen LogP contribution is -2.00. The van der Waals surface area contributed by atoms with Gasteiger partial charge in [-0.1, -0.05) is 30.3 Å². The summed E-state index contributed by atoms with van der Waals surface area (Å²) in [6.45, 7) is 1.96. The van der Waals surface area contributed by atoms with Crippen LogP contribution in [0.1, 0.15) is 22.4 Å². The Hall–Kier alpha value is -2.34. The second kappa shape index (κ2) is 5.33. The highest BCUT2D eigenvalue weighted by atomic mass is 16.5. The second-order valence-corrected chi connectivity index (χ2v) is 4.06. The van der Waals surface area contributed by atoms with Gasteiger partial charge in [0.2, 0.25) is 0 Å². The summed E-state index contributed by atoms with van der Waals surface area (Å²) in [5, 5.41) is 8.96. The van der Waals surface area contributed by atoms with E-state index in [9.17, 15) is 0 Å². The van der Waals surface area contributed by atoms with E-state index in [1.165, 1.54) is 5.56 Å². The van der Waals surface area contributed by atoms with E-state index in [4.69, 9.17) is 10.00 Å². The van der Waals surface area contributed by atoms with Gasteiger partial charge in [-0.2, -0.15) is 5.26 Å². The average Bonchev–Trinajstić information content (AvgIpc) is 2.42. The SMILES string of the molecule is COc1c(C#N)ncc(Cc2ccccc2)c1C. The van der Waals surface area contributed by atoms with Gasteiger partial charge in [0.15, 0.2) is 11.4 Å². The molecule has 2 rings (SSSR count). The number of ether oxygens (including phenoxy) is 1. The molecule has 3 heteroatoms. The van der Waals surface area contributed by atoms with Gasteiger partial charge in [0.25, 0.3) is 0 Å². The molecule has 0 saturated heterocycles. The maximum atomic E-state index is 8.96. The van der Waals surface area contributed by atoms with Crippen LogP contribution in [0.2, 0.25) is 0 Å². The molecular formula is C15H14N2O. The minimum Gasteiger partial charge on any atom is -0.493 e. The van der Waals surface area contributed by atoms with E-state index in [1.807, 2.05) is 31.2 Å². The summed E-state index contributed by atoms with van der Waals surface area (Å²) in [5.41, 5.74) is 3.62. The normalized spacial score (nSPS) is 9.83. The third-order valence-corrected chi connectivity index (χ3v) is 2.93. The lowest BCUT2D eigenvalue weighted by molar-refractivity contribution is 0.407. The molecule has 18 heavy (non-hydrogen) atoms. The van der Waals surface area contributed by atoms with Gasteiger partial charge < -0.3 is 4.74 Å². The Balaban J connectivity index is 2.39. The van der Waals surface area contributed by atoms with E-state index in [2.05, 4.69) is 17.1 Å². The zero-order chi connectivity index (χ0) is 13.0. The zero-order valence-electron chi connectivity index (χ0n) is 10.5. The molecule has 0 saturated carbocycles. The van der Waals surface area contributed by atoms with E-state index in [-0.39, 0.29) is 0 Å². The summed E-state index contributed by atoms with van der Waals surface area (Å²) in [6, 6.07) is 12.2. The first kappa shape index (κ1) is 12.1. The molecule has 0 aliphatic carbocycles. The first-order valence-corrected chi connectivity index (χ1v) is 5.72. The Morgan fingerprint density at radius 3 is 2.61 bits per heavy atom. The number of hydrogen-bond donors (Lipinski definition) is 0. The molecule has 0 aliphatic rings. The highest BCUT2D eigenvalue weighted by Gasteiger charge is 2.11. The number of benzene rings is 1. The number of hydrogen-bond acceptors (Lipinski definition) is 3. The maximum absolute atomic E-state index is 8.96. The van der Waals surface area contributed by atoms with Crippen molar-refractivity contribution in [1.82, 2.24) is 4.98 Å². The summed E-state index contributed by atoms with van der Waals surface area (Å²) in [5.74, 6) is 0.575. The van der Waals surface area contributed by atoms with Crippen molar-refractivity contribution in [3.8, 4) is 11.8 Å². The number of methoxy groups -OCH3 is 1. The van der Waals surface area contributed by atoms with Gasteiger partial charge in [-0.3, -0.25) is 0 Å². The van der Waals surface area contributed by atoms with Crippen LogP contribution < -0.4 is 4.74 Å². The molecule has 1 heterocycles. The van der Waals surface area contributed by atoms with Gasteiger partial charge in [-0.25, -0.2) is 4.98 Å². The molecule has 90 valence electrons. The van der Waals surface area contributed by atoms with Crippen molar-refractivity contribution in [1.29, 1.82) is 5.26 Å². The van der Waals surface area contributed by atoms with Gasteiger partial charge in [0.05, 0.1) is 7.11 Å². The average molecular weight is 238 g/mol. The van der Waals surface area contributed by atoms with Crippen LogP contribution in [0.5, 0.6) is 5.75 Å². The lowest BCUT2D eigenvalue weighted by atomic mass is 10.0. The van der Waals surface area contributed by atoms with E-state index < -0.39 is 0 Å². The van der Waals surface area contributed by atoms with Crippen molar-refractivity contribution in [2.45, 2.75) is 13.3 Å². The molecule has 1 aromatic carbocycles. The fourth-order valence-corrected chi connectivity index (χ4v) is 1.94. The number of aromatic nitrogens is 1. The fourth-order valence-electron chi connectivity index (χ4n) is 1.94. The standard InChI is InChI=1S/C15H14N2O/c1-11-13(8-12-6-4-3-5-7-12)10-17-14(9-16)15(11)18-2/h3-7,10H,8H2,1-2H3. The number of rotatable bonds is 3. The predicted octanol–water partition coefficient (Wildman–Crippen LogP) is 2.86. The van der Waals surface area contributed by atoms with Crippen LogP contribution in [0.25, 0.3) is 0 Å². The molecule has 0 radical (unpaired) electrons. The van der Waals surface area contributed by atoms with Crippen LogP contribution in [0.15, 0.2) is 36.5 Å². The molecule has 2 aromatic rings. The molecule has 0 unspecified atom stereocenters. The van der Waals surface area contributed by atoms with Crippen LogP contribution in [-0.4, -0.2) is 12.1 Å². The van der Waals surface area contributed by atoms with Crippen LogP contribution in [0.4, 0.5) is 0 Å². The molecule has 0 amide bonds. The molecule has 3 nitrogen and oxygen atoms in total. The first-order chi connectivity index (χ1) is 8.76. The third-order valence-electron chi connectivity index (χ3n) is 2.93. The van der Waals surface area contributed by atoms with Gasteiger partial charge >= 0.3 is 0 Å². The maximum Gasteiger partial charge on any atom is 0.182 e. The Morgan fingerprint density at radius 1 is 1.28 bits per heavy atom. The van der Waals surface area contributed by atoms with E-state index in [0.29, 0.717) is 11.4 Å². The fraction of sp³-hybridized carbons (Fsp3) is 0.200. The number of pyridine rings is 1. The number of nitrogens with zero attached hydrogens (tertiary/aromatic N) is 2. The van der Waals surface area contributed by atoms with E-state index in [0.717, 1.165) is 17.5 Å². The van der Waals surface area contributed by atoms with Gasteiger partial charge in [0.1, 0.15) is 6.07 Å². The topological polar surface area (TPSA) is 45.9 Å². The molecule has 0 atom stereocenters. The lowest BCUT2D eigenvalue weighted by Gasteiger charge is -2.11. The van der Waals surface area contributed by atoms with Crippen LogP contribution in [0, 0.1) is 18.3 Å². The van der Waals surface area contributed by atoms with Crippen molar-refractivity contribution < 1.29 is 4.74 Å². The molecule has 1 aromatic heterocycles. The Morgan fingerprint density at radius 2 is 2.00 bits per heavy atom. The van der Waals surface area contributed by atoms with Crippen LogP contribution in [-0.2, 0) is 6.42 Å². The van der Waals surface area contributed by atoms with E-state index in [1.54, 1.807) is 13.3 Å². The zero-order valence-corrected chi connectivity index (χ0v) is 10.5. The highest BCUT2D eigenvalue weighted by molar-refractivity contribution is 5.47. The first-order valence-electron chi connectivity index (χ1n) is 5.72. The third kappa shape index (κ3) is 2.33. The Labute approximate surface area is 107 Å². The van der Waals surface area contributed by atoms with Crippen molar-refractivity contribution in [2.24, 2.45) is 0 Å². The van der Waals surface area contributed by atoms with Crippen LogP contribution in [0.3, 0.4) is 0 Å². The highest BCUT2D eigenvalue weighted by Crippen LogP contribution is 2.25. The minimum absolute atomic E-state index is 0.340. The van der Waals surface area contributed by atoms with Crippen molar-refractivity contribution in [2.75, 3.05) is 7.11 Å². The largest absolute Gasteiger partial charge is 0.493 e. The molecule has 0 bridgehead atoms. The van der Waals surface area contributed by atoms with Crippen molar-refractivity contribution in [3.05, 3.63) is 58.9 Å². The van der Waals surface area contributed by atoms with Gasteiger partial charge in [-0.05, 0) is 30.0 Å². The Bertz CT molecular complexity index is 585. The van der Waals surface area contributed by atoms with Crippen LogP contribution >= 0.6 is 0 Å². The summed E-state index contributed by atoms with van der Waals surface area (Å²) in [6.07, 6.45) is 2.55. The summed E-state index contributed by atoms with van der Waals surface area (Å²) in [7, 11) is 1.57. The monoisotopic (exact) mass is 238 g/mol. The summed E-state index contributed by atoms with van der Waals surface area (Å²) < 4.78 is 5.26. The molecule has 0 aliphatic heterocycles. The predicted molar refractivity (Wildman–Crippen MR) is 69.5 cm³/mol. The van der Waals surface area contributed by atoms with E-state index >= 15 is 0 Å². The Kier molecular flexibility index (Phi) is 3.59. The molecular weight excluding hydrogens is 224 g/mol. The van der Waals surface area contributed by atoms with Gasteiger partial charge in [0, 0.05) is 6.20 Å². The molecule has 0 fully saturated rings. The van der Waals surface area contributed by atoms with Gasteiger partial charge in [-0.15, -0.1) is 0 Å². The van der Waals surface area contributed by atoms with Crippen molar-refractivity contribution >= 4 is 0 Å². The second-order valence-electron chi connectivity index (χ2n) is 4.06. The molecule has 0 spiro atoms. The summed E-state index contributed by atoms with van der Waals surface area (Å²) in [4.78, 5) is 4.14. The minimum atomic E-state index is 0.340. The summed E-state index contributed by atoms with van der Waals surface area (Å²) >= 11 is 0. The quantitative estimate of drug-likeness (QED) is 0.826. The van der Waals surface area contributed by atoms with Crippen molar-refractivity contribution in [3.63, 3.8) is 0 Å².